The number of carbonyl (C=O) groups is 1. The lowest BCUT2D eigenvalue weighted by Crippen LogP contribution is -2.44. The maximum Gasteiger partial charge on any atom is 0.309 e. The van der Waals surface area contributed by atoms with E-state index in [4.69, 9.17) is 16.3 Å². The molecule has 1 saturated heterocycles. The Bertz CT molecular complexity index is 1130. The van der Waals surface area contributed by atoms with Crippen LogP contribution in [0, 0.1) is 5.41 Å². The average molecular weight is 519 g/mol. The zero-order valence-electron chi connectivity index (χ0n) is 20.0. The van der Waals surface area contributed by atoms with Gasteiger partial charge in [0, 0.05) is 17.1 Å². The number of hydrogen-bond acceptors (Lipinski definition) is 5. The summed E-state index contributed by atoms with van der Waals surface area (Å²) in [5.74, 6) is -0.228. The maximum atomic E-state index is 15.6. The molecule has 0 bridgehead atoms. The summed E-state index contributed by atoms with van der Waals surface area (Å²) in [5, 5.41) is 15.2. The van der Waals surface area contributed by atoms with E-state index in [0.717, 1.165) is 38.9 Å². The molecule has 8 heteroatoms. The molecule has 0 unspecified atom stereocenters. The van der Waals surface area contributed by atoms with Gasteiger partial charge in [-0.2, -0.15) is 11.3 Å². The molecule has 188 valence electrons. The summed E-state index contributed by atoms with van der Waals surface area (Å²) < 4.78 is 20.9. The summed E-state index contributed by atoms with van der Waals surface area (Å²) in [6.45, 7) is 2.45. The predicted molar refractivity (Wildman–Crippen MR) is 139 cm³/mol. The van der Waals surface area contributed by atoms with Crippen LogP contribution in [0.3, 0.4) is 0 Å². The second-order valence-electron chi connectivity index (χ2n) is 9.42. The van der Waals surface area contributed by atoms with Crippen LogP contribution in [-0.4, -0.2) is 47.7 Å². The molecule has 3 aromatic rings. The van der Waals surface area contributed by atoms with Gasteiger partial charge < -0.3 is 14.7 Å². The number of halogens is 2. The number of thiophene rings is 1. The zero-order chi connectivity index (χ0) is 24.8. The van der Waals surface area contributed by atoms with E-state index in [1.807, 2.05) is 0 Å². The van der Waals surface area contributed by atoms with Crippen LogP contribution in [0.5, 0.6) is 5.75 Å². The van der Waals surface area contributed by atoms with Crippen LogP contribution in [0.2, 0.25) is 5.02 Å². The Morgan fingerprint density at radius 1 is 1.31 bits per heavy atom. The molecule has 1 N–H and O–H groups in total. The molecule has 3 heterocycles. The number of alkyl halides is 1. The summed E-state index contributed by atoms with van der Waals surface area (Å²) in [4.78, 5) is 18.9. The first-order valence-corrected chi connectivity index (χ1v) is 13.5. The molecule has 35 heavy (non-hydrogen) atoms. The van der Waals surface area contributed by atoms with Gasteiger partial charge in [-0.25, -0.2) is 4.39 Å². The molecular weight excluding hydrogens is 487 g/mol. The summed E-state index contributed by atoms with van der Waals surface area (Å²) in [7, 11) is 1.55. The minimum atomic E-state index is -1.38. The van der Waals surface area contributed by atoms with Crippen molar-refractivity contribution in [1.82, 2.24) is 9.88 Å². The van der Waals surface area contributed by atoms with E-state index >= 15 is 4.39 Å². The summed E-state index contributed by atoms with van der Waals surface area (Å²) >= 11 is 8.09. The minimum absolute atomic E-state index is 0.100. The van der Waals surface area contributed by atoms with Gasteiger partial charge in [-0.05, 0) is 105 Å². The fourth-order valence-corrected chi connectivity index (χ4v) is 6.01. The molecule has 5 nitrogen and oxygen atoms in total. The second kappa shape index (κ2) is 11.7. The Morgan fingerprint density at radius 3 is 2.80 bits per heavy atom. The van der Waals surface area contributed by atoms with Crippen molar-refractivity contribution in [1.29, 1.82) is 0 Å². The van der Waals surface area contributed by atoms with Crippen LogP contribution in [0.1, 0.15) is 55.8 Å². The van der Waals surface area contributed by atoms with Gasteiger partial charge in [0.2, 0.25) is 0 Å². The molecular formula is C27H32ClFN2O3S. The second-order valence-corrected chi connectivity index (χ2v) is 10.6. The molecule has 1 aliphatic rings. The molecule has 1 aliphatic heterocycles. The third-order valence-corrected chi connectivity index (χ3v) is 8.33. The lowest BCUT2D eigenvalue weighted by Gasteiger charge is -2.39. The predicted octanol–water partition coefficient (Wildman–Crippen LogP) is 6.94. The van der Waals surface area contributed by atoms with E-state index in [2.05, 4.69) is 26.7 Å². The number of carboxylic acids is 1. The normalized spacial score (nSPS) is 16.9. The number of nitrogens with zero attached hydrogens (tertiary/aromatic N) is 2. The number of aliphatic carboxylic acids is 1. The Labute approximate surface area is 214 Å². The van der Waals surface area contributed by atoms with Crippen LogP contribution in [0.4, 0.5) is 4.39 Å². The molecule has 0 amide bonds. The van der Waals surface area contributed by atoms with Crippen molar-refractivity contribution in [2.24, 2.45) is 5.41 Å². The van der Waals surface area contributed by atoms with Gasteiger partial charge in [0.15, 0.2) is 0 Å². The summed E-state index contributed by atoms with van der Waals surface area (Å²) in [6, 6.07) is 7.45. The molecule has 1 aromatic carbocycles. The molecule has 1 fully saturated rings. The highest BCUT2D eigenvalue weighted by Gasteiger charge is 2.41. The van der Waals surface area contributed by atoms with E-state index in [1.54, 1.807) is 36.6 Å². The van der Waals surface area contributed by atoms with E-state index in [1.165, 1.54) is 11.8 Å². The monoisotopic (exact) mass is 518 g/mol. The van der Waals surface area contributed by atoms with Crippen molar-refractivity contribution in [2.75, 3.05) is 26.7 Å². The SMILES string of the molecule is COc1ccc2ncc(Cl)c([C@@H](F)CCC3(C(=O)O)CCN(CCCCc4ccsc4)CC3)c2c1. The molecule has 0 radical (unpaired) electrons. The van der Waals surface area contributed by atoms with Crippen molar-refractivity contribution >= 4 is 39.8 Å². The van der Waals surface area contributed by atoms with Gasteiger partial charge in [0.05, 0.1) is 23.1 Å². The smallest absolute Gasteiger partial charge is 0.309 e. The van der Waals surface area contributed by atoms with Crippen LogP contribution in [0.15, 0.2) is 41.2 Å². The van der Waals surface area contributed by atoms with Crippen molar-refractivity contribution in [3.05, 3.63) is 57.4 Å². The summed E-state index contributed by atoms with van der Waals surface area (Å²) in [5.41, 5.74) is 1.48. The number of ether oxygens (including phenoxy) is 1. The van der Waals surface area contributed by atoms with E-state index in [0.29, 0.717) is 35.1 Å². The number of piperidine rings is 1. The van der Waals surface area contributed by atoms with Gasteiger partial charge in [-0.15, -0.1) is 0 Å². The van der Waals surface area contributed by atoms with Crippen molar-refractivity contribution in [2.45, 2.75) is 51.1 Å². The maximum absolute atomic E-state index is 15.6. The van der Waals surface area contributed by atoms with E-state index < -0.39 is 17.6 Å². The van der Waals surface area contributed by atoms with Gasteiger partial charge in [-0.1, -0.05) is 11.6 Å². The number of aryl methyl sites for hydroxylation is 1. The number of likely N-dealkylation sites (tertiary alicyclic amines) is 1. The summed E-state index contributed by atoms with van der Waals surface area (Å²) in [6.07, 6.45) is 4.85. The van der Waals surface area contributed by atoms with Crippen molar-refractivity contribution in [3.8, 4) is 5.75 Å². The molecule has 0 spiro atoms. The van der Waals surface area contributed by atoms with Crippen LogP contribution in [-0.2, 0) is 11.2 Å². The fraction of sp³-hybridized carbons (Fsp3) is 0.481. The number of rotatable bonds is 11. The number of fused-ring (bicyclic) bond motifs is 1. The Hall–Kier alpha value is -2.22. The highest BCUT2D eigenvalue weighted by molar-refractivity contribution is 7.07. The molecule has 0 aliphatic carbocycles. The number of aromatic nitrogens is 1. The van der Waals surface area contributed by atoms with Gasteiger partial charge in [-0.3, -0.25) is 9.78 Å². The Balaban J connectivity index is 1.35. The largest absolute Gasteiger partial charge is 0.497 e. The lowest BCUT2D eigenvalue weighted by atomic mass is 9.74. The van der Waals surface area contributed by atoms with Crippen LogP contribution < -0.4 is 4.74 Å². The highest BCUT2D eigenvalue weighted by atomic mass is 35.5. The molecule has 0 saturated carbocycles. The number of carboxylic acid groups (broad SMARTS) is 1. The third-order valence-electron chi connectivity index (χ3n) is 7.29. The van der Waals surface area contributed by atoms with Crippen LogP contribution >= 0.6 is 22.9 Å². The highest BCUT2D eigenvalue weighted by Crippen LogP contribution is 2.42. The van der Waals surface area contributed by atoms with Gasteiger partial charge in [0.1, 0.15) is 11.9 Å². The lowest BCUT2D eigenvalue weighted by molar-refractivity contribution is -0.153. The number of pyridine rings is 1. The Morgan fingerprint density at radius 2 is 2.11 bits per heavy atom. The van der Waals surface area contributed by atoms with Gasteiger partial charge in [0.25, 0.3) is 0 Å². The topological polar surface area (TPSA) is 62.7 Å². The van der Waals surface area contributed by atoms with Crippen molar-refractivity contribution in [3.63, 3.8) is 0 Å². The average Bonchev–Trinajstić information content (AvgIpc) is 3.39. The first kappa shape index (κ1) is 25.9. The quantitative estimate of drug-likeness (QED) is 0.278. The molecule has 4 rings (SSSR count). The Kier molecular flexibility index (Phi) is 8.63. The van der Waals surface area contributed by atoms with E-state index in [-0.39, 0.29) is 17.9 Å². The standard InChI is InChI=1S/C27H32ClFN2O3S/c1-34-20-5-6-24-21(16-20)25(22(28)17-30-24)23(29)7-9-27(26(32)33)10-13-31(14-11-27)12-3-2-4-19-8-15-35-18-19/h5-6,8,15-18,23H,2-4,7,9-14H2,1H3,(H,32,33)/t23-/m0/s1. The number of methoxy groups -OCH3 is 1. The molecule has 2 aromatic heterocycles. The number of unbranched alkanes of at least 4 members (excludes halogenated alkanes) is 1. The molecule has 1 atom stereocenters. The zero-order valence-corrected chi connectivity index (χ0v) is 21.6. The van der Waals surface area contributed by atoms with E-state index in [9.17, 15) is 9.90 Å². The number of hydrogen-bond donors (Lipinski definition) is 1. The van der Waals surface area contributed by atoms with Crippen molar-refractivity contribution < 1.29 is 19.0 Å². The van der Waals surface area contributed by atoms with Crippen LogP contribution in [0.25, 0.3) is 10.9 Å². The number of benzene rings is 1. The minimum Gasteiger partial charge on any atom is -0.497 e. The van der Waals surface area contributed by atoms with Gasteiger partial charge >= 0.3 is 5.97 Å². The third kappa shape index (κ3) is 6.13. The first-order chi connectivity index (χ1) is 16.9. The first-order valence-electron chi connectivity index (χ1n) is 12.1. The fourth-order valence-electron chi connectivity index (χ4n) is 5.04.